The van der Waals surface area contributed by atoms with Gasteiger partial charge in [-0.15, -0.1) is 0 Å². The van der Waals surface area contributed by atoms with Crippen LogP contribution >= 0.6 is 0 Å². The number of amides is 1. The van der Waals surface area contributed by atoms with Crippen molar-refractivity contribution in [3.05, 3.63) is 40.9 Å². The fraction of sp³-hybridized carbons (Fsp3) is 0.438. The molecule has 0 atom stereocenters. The lowest BCUT2D eigenvalue weighted by molar-refractivity contribution is -0.138. The lowest BCUT2D eigenvalue weighted by Crippen LogP contribution is -2.28. The number of aromatic nitrogens is 1. The molecule has 0 spiro atoms. The molecule has 112 valence electrons. The molecule has 1 aromatic heterocycles. The van der Waals surface area contributed by atoms with Gasteiger partial charge in [-0.05, 0) is 51.7 Å². The molecule has 0 saturated carbocycles. The molecular weight excluding hydrogens is 268 g/mol. The molecule has 0 bridgehead atoms. The largest absolute Gasteiger partial charge is 0.463 e. The van der Waals surface area contributed by atoms with E-state index in [0.29, 0.717) is 36.4 Å². The second kappa shape index (κ2) is 7.02. The van der Waals surface area contributed by atoms with Crippen molar-refractivity contribution in [1.82, 2.24) is 10.3 Å². The molecule has 5 nitrogen and oxygen atoms in total. The summed E-state index contributed by atoms with van der Waals surface area (Å²) in [5.41, 5.74) is 2.40. The number of carbonyl (C=O) groups is 2. The molecule has 1 aliphatic carbocycles. The molecule has 21 heavy (non-hydrogen) atoms. The maximum Gasteiger partial charge on any atom is 0.335 e. The summed E-state index contributed by atoms with van der Waals surface area (Å²) >= 11 is 0. The van der Waals surface area contributed by atoms with Gasteiger partial charge in [-0.3, -0.25) is 4.79 Å². The molecule has 1 N–H and O–H groups in total. The molecule has 2 rings (SSSR count). The number of hydrogen-bond acceptors (Lipinski definition) is 4. The highest BCUT2D eigenvalue weighted by Crippen LogP contribution is 2.24. The Morgan fingerprint density at radius 3 is 2.76 bits per heavy atom. The van der Waals surface area contributed by atoms with Crippen LogP contribution < -0.4 is 5.32 Å². The minimum absolute atomic E-state index is 0.280. The maximum atomic E-state index is 12.2. The Labute approximate surface area is 124 Å². The highest BCUT2D eigenvalue weighted by Gasteiger charge is 2.22. The number of nitrogens with one attached hydrogen (secondary N) is 1. The quantitative estimate of drug-likeness (QED) is 0.864. The second-order valence-electron chi connectivity index (χ2n) is 5.00. The van der Waals surface area contributed by atoms with Crippen molar-refractivity contribution in [3.63, 3.8) is 0 Å². The summed E-state index contributed by atoms with van der Waals surface area (Å²) in [5.74, 6) is -0.609. The van der Waals surface area contributed by atoms with Crippen molar-refractivity contribution in [3.8, 4) is 0 Å². The number of nitrogens with zero attached hydrogens (tertiary/aromatic N) is 1. The van der Waals surface area contributed by atoms with Gasteiger partial charge in [0.25, 0.3) is 5.91 Å². The molecule has 0 saturated heterocycles. The van der Waals surface area contributed by atoms with E-state index in [2.05, 4.69) is 10.3 Å². The summed E-state index contributed by atoms with van der Waals surface area (Å²) in [6, 6.07) is 5.29. The Balaban J connectivity index is 2.18. The smallest absolute Gasteiger partial charge is 0.335 e. The van der Waals surface area contributed by atoms with Gasteiger partial charge in [0.15, 0.2) is 0 Å². The average Bonchev–Trinajstić information content (AvgIpc) is 2.48. The van der Waals surface area contributed by atoms with Crippen molar-refractivity contribution in [2.45, 2.75) is 39.5 Å². The van der Waals surface area contributed by atoms with Gasteiger partial charge in [0.05, 0.1) is 12.2 Å². The third kappa shape index (κ3) is 3.90. The van der Waals surface area contributed by atoms with E-state index in [-0.39, 0.29) is 11.9 Å². The molecular formula is C16H20N2O3. The van der Waals surface area contributed by atoms with Crippen molar-refractivity contribution < 1.29 is 14.3 Å². The molecule has 5 heteroatoms. The minimum atomic E-state index is -0.329. The van der Waals surface area contributed by atoms with E-state index in [0.717, 1.165) is 18.5 Å². The number of carbonyl (C=O) groups excluding carboxylic acids is 2. The van der Waals surface area contributed by atoms with Crippen LogP contribution in [0.4, 0.5) is 0 Å². The summed E-state index contributed by atoms with van der Waals surface area (Å²) in [5, 5.41) is 2.83. The first-order valence-electron chi connectivity index (χ1n) is 7.26. The minimum Gasteiger partial charge on any atom is -0.463 e. The van der Waals surface area contributed by atoms with Gasteiger partial charge in [0.1, 0.15) is 5.69 Å². The van der Waals surface area contributed by atoms with E-state index in [9.17, 15) is 9.59 Å². The topological polar surface area (TPSA) is 68.3 Å². The zero-order valence-corrected chi connectivity index (χ0v) is 12.4. The number of ether oxygens (including phenoxy) is 1. The van der Waals surface area contributed by atoms with Crippen LogP contribution in [-0.2, 0) is 9.53 Å². The van der Waals surface area contributed by atoms with Crippen LogP contribution in [-0.4, -0.2) is 23.5 Å². The molecule has 0 aliphatic heterocycles. The number of rotatable bonds is 4. The van der Waals surface area contributed by atoms with Gasteiger partial charge < -0.3 is 10.1 Å². The number of hydrogen-bond donors (Lipinski definition) is 1. The number of aryl methyl sites for hydroxylation is 1. The summed E-state index contributed by atoms with van der Waals surface area (Å²) in [6.07, 6.45) is 3.23. The lowest BCUT2D eigenvalue weighted by Gasteiger charge is -2.19. The predicted octanol–water partition coefficient (Wildman–Crippen LogP) is 2.51. The Morgan fingerprint density at radius 2 is 2.05 bits per heavy atom. The van der Waals surface area contributed by atoms with E-state index < -0.39 is 0 Å². The zero-order valence-electron chi connectivity index (χ0n) is 12.4. The van der Waals surface area contributed by atoms with Crippen molar-refractivity contribution in [1.29, 1.82) is 0 Å². The van der Waals surface area contributed by atoms with Crippen LogP contribution in [0.25, 0.3) is 0 Å². The van der Waals surface area contributed by atoms with Crippen LogP contribution in [0, 0.1) is 6.92 Å². The summed E-state index contributed by atoms with van der Waals surface area (Å²) in [7, 11) is 0. The molecule has 0 fully saturated rings. The summed E-state index contributed by atoms with van der Waals surface area (Å²) in [4.78, 5) is 28.4. The molecule has 0 radical (unpaired) electrons. The maximum absolute atomic E-state index is 12.2. The normalized spacial score (nSPS) is 14.8. The van der Waals surface area contributed by atoms with Gasteiger partial charge in [-0.2, -0.15) is 0 Å². The Hall–Kier alpha value is -2.17. The summed E-state index contributed by atoms with van der Waals surface area (Å²) < 4.78 is 5.05. The Morgan fingerprint density at radius 1 is 1.29 bits per heavy atom. The van der Waals surface area contributed by atoms with Crippen molar-refractivity contribution in [2.75, 3.05) is 6.61 Å². The highest BCUT2D eigenvalue weighted by atomic mass is 16.5. The van der Waals surface area contributed by atoms with Gasteiger partial charge in [0, 0.05) is 11.4 Å². The van der Waals surface area contributed by atoms with Gasteiger partial charge >= 0.3 is 5.97 Å². The van der Waals surface area contributed by atoms with E-state index in [4.69, 9.17) is 4.74 Å². The highest BCUT2D eigenvalue weighted by molar-refractivity contribution is 5.96. The Bertz CT molecular complexity index is 579. The first-order chi connectivity index (χ1) is 10.1. The fourth-order valence-electron chi connectivity index (χ4n) is 2.36. The molecule has 1 aromatic rings. The van der Waals surface area contributed by atoms with Crippen molar-refractivity contribution in [2.24, 2.45) is 0 Å². The molecule has 1 aliphatic rings. The van der Waals surface area contributed by atoms with Gasteiger partial charge in [0.2, 0.25) is 0 Å². The number of pyridine rings is 1. The van der Waals surface area contributed by atoms with Crippen LogP contribution in [0.15, 0.2) is 29.5 Å². The Kier molecular flexibility index (Phi) is 5.09. The van der Waals surface area contributed by atoms with Crippen LogP contribution in [0.1, 0.15) is 48.8 Å². The zero-order chi connectivity index (χ0) is 15.2. The molecule has 0 unspecified atom stereocenters. The first kappa shape index (κ1) is 15.2. The second-order valence-corrected chi connectivity index (χ2v) is 5.00. The fourth-order valence-corrected chi connectivity index (χ4v) is 2.36. The predicted molar refractivity (Wildman–Crippen MR) is 78.6 cm³/mol. The SMILES string of the molecule is CCOC(=O)C1=C(NC(=O)c2cccc(C)n2)CCCC1. The molecule has 1 heterocycles. The molecule has 1 amide bonds. The third-order valence-corrected chi connectivity index (χ3v) is 3.38. The van der Waals surface area contributed by atoms with Gasteiger partial charge in [-0.25, -0.2) is 9.78 Å². The van der Waals surface area contributed by atoms with E-state index in [1.807, 2.05) is 13.0 Å². The summed E-state index contributed by atoms with van der Waals surface area (Å²) in [6.45, 7) is 3.94. The first-order valence-corrected chi connectivity index (χ1v) is 7.26. The van der Waals surface area contributed by atoms with E-state index in [1.54, 1.807) is 19.1 Å². The van der Waals surface area contributed by atoms with Crippen LogP contribution in [0.5, 0.6) is 0 Å². The lowest BCUT2D eigenvalue weighted by atomic mass is 9.96. The van der Waals surface area contributed by atoms with E-state index >= 15 is 0 Å². The van der Waals surface area contributed by atoms with E-state index in [1.165, 1.54) is 0 Å². The van der Waals surface area contributed by atoms with Crippen LogP contribution in [0.3, 0.4) is 0 Å². The number of esters is 1. The van der Waals surface area contributed by atoms with Crippen molar-refractivity contribution >= 4 is 11.9 Å². The number of allylic oxidation sites excluding steroid dienone is 1. The van der Waals surface area contributed by atoms with Crippen LogP contribution in [0.2, 0.25) is 0 Å². The standard InChI is InChI=1S/C16H20N2O3/c1-3-21-16(20)12-8-4-5-9-13(12)18-15(19)14-10-6-7-11(2)17-14/h6-7,10H,3-5,8-9H2,1-2H3,(H,18,19). The molecule has 0 aromatic carbocycles. The average molecular weight is 288 g/mol. The van der Waals surface area contributed by atoms with Gasteiger partial charge in [-0.1, -0.05) is 6.07 Å². The third-order valence-electron chi connectivity index (χ3n) is 3.38. The monoisotopic (exact) mass is 288 g/mol.